The minimum atomic E-state index is -3.50. The molecule has 0 aliphatic heterocycles. The van der Waals surface area contributed by atoms with E-state index in [1.165, 1.54) is 12.8 Å². The number of allylic oxidation sites excluding steroid dienone is 2. The molecule has 5 nitrogen and oxygen atoms in total. The number of fused-ring (bicyclic) bond motifs is 3. The monoisotopic (exact) mass is 391 g/mol. The summed E-state index contributed by atoms with van der Waals surface area (Å²) in [7, 11) is -3.50. The van der Waals surface area contributed by atoms with Crippen LogP contribution in [0.2, 0.25) is 0 Å². The Labute approximate surface area is 161 Å². The van der Waals surface area contributed by atoms with Gasteiger partial charge in [0.05, 0.1) is 4.90 Å². The Morgan fingerprint density at radius 3 is 2.41 bits per heavy atom. The number of carboxylic acid groups (broad SMARTS) is 1. The molecule has 3 saturated carbocycles. The maximum Gasteiger partial charge on any atom is 0.303 e. The van der Waals surface area contributed by atoms with Crippen LogP contribution >= 0.6 is 0 Å². The molecule has 6 heteroatoms. The Kier molecular flexibility index (Phi) is 6.71. The first-order valence-electron chi connectivity index (χ1n) is 9.91. The van der Waals surface area contributed by atoms with Gasteiger partial charge in [-0.3, -0.25) is 4.79 Å². The van der Waals surface area contributed by atoms with E-state index in [1.54, 1.807) is 24.3 Å². The van der Waals surface area contributed by atoms with Gasteiger partial charge in [0.2, 0.25) is 10.0 Å². The second-order valence-electron chi connectivity index (χ2n) is 7.79. The molecular weight excluding hydrogens is 362 g/mol. The molecule has 1 aromatic carbocycles. The van der Waals surface area contributed by atoms with Gasteiger partial charge in [-0.05, 0) is 74.8 Å². The van der Waals surface area contributed by atoms with Crippen molar-refractivity contribution in [2.24, 2.45) is 17.8 Å². The van der Waals surface area contributed by atoms with Crippen LogP contribution in [0, 0.1) is 17.8 Å². The largest absolute Gasteiger partial charge is 0.481 e. The van der Waals surface area contributed by atoms with Crippen LogP contribution in [0.25, 0.3) is 0 Å². The van der Waals surface area contributed by atoms with Crippen LogP contribution in [0.15, 0.2) is 47.4 Å². The number of unbranched alkanes of at least 4 members (excludes halogenated alkanes) is 1. The normalized spacial score (nSPS) is 27.9. The molecule has 0 spiro atoms. The minimum absolute atomic E-state index is 0.00799. The van der Waals surface area contributed by atoms with Crippen molar-refractivity contribution in [3.63, 3.8) is 0 Å². The first kappa shape index (κ1) is 20.1. The first-order chi connectivity index (χ1) is 13.0. The van der Waals surface area contributed by atoms with Gasteiger partial charge >= 0.3 is 5.97 Å². The van der Waals surface area contributed by atoms with E-state index in [0.29, 0.717) is 29.1 Å². The molecule has 3 aliphatic rings. The molecule has 3 fully saturated rings. The maximum atomic E-state index is 12.8. The standard InChI is InChI=1S/C21H29NO4S/c23-20(24)11-7-2-1-6-10-19-16-12-14-17(15-13-16)21(19)22-27(25,26)18-8-4-3-5-9-18/h1,3-6,8-9,16-17,19,21-22H,2,7,10-15H2,(H,23,24)/t16?,17?,19?,21-/m1/s1. The Morgan fingerprint density at radius 2 is 1.74 bits per heavy atom. The topological polar surface area (TPSA) is 83.5 Å². The van der Waals surface area contributed by atoms with Gasteiger partial charge in [0.1, 0.15) is 0 Å². The lowest BCUT2D eigenvalue weighted by Gasteiger charge is -2.48. The van der Waals surface area contributed by atoms with Gasteiger partial charge in [-0.2, -0.15) is 0 Å². The van der Waals surface area contributed by atoms with E-state index in [4.69, 9.17) is 5.11 Å². The molecule has 0 saturated heterocycles. The predicted molar refractivity (Wildman–Crippen MR) is 105 cm³/mol. The lowest BCUT2D eigenvalue weighted by molar-refractivity contribution is -0.137. The molecule has 1 aromatic rings. The lowest BCUT2D eigenvalue weighted by atomic mass is 9.61. The second-order valence-corrected chi connectivity index (χ2v) is 9.51. The summed E-state index contributed by atoms with van der Waals surface area (Å²) >= 11 is 0. The third-order valence-corrected chi connectivity index (χ3v) is 7.55. The van der Waals surface area contributed by atoms with Crippen molar-refractivity contribution in [3.8, 4) is 0 Å². The summed E-state index contributed by atoms with van der Waals surface area (Å²) < 4.78 is 28.7. The number of rotatable bonds is 9. The van der Waals surface area contributed by atoms with Crippen molar-refractivity contribution >= 4 is 16.0 Å². The van der Waals surface area contributed by atoms with E-state index in [2.05, 4.69) is 10.8 Å². The van der Waals surface area contributed by atoms with Crippen molar-refractivity contribution < 1.29 is 18.3 Å². The van der Waals surface area contributed by atoms with Gasteiger partial charge in [0, 0.05) is 12.5 Å². The summed E-state index contributed by atoms with van der Waals surface area (Å²) in [6.07, 6.45) is 11.2. The highest BCUT2D eigenvalue weighted by Crippen LogP contribution is 2.47. The highest BCUT2D eigenvalue weighted by atomic mass is 32.2. The van der Waals surface area contributed by atoms with Crippen molar-refractivity contribution in [1.29, 1.82) is 0 Å². The summed E-state index contributed by atoms with van der Waals surface area (Å²) in [6.45, 7) is 0. The molecule has 0 heterocycles. The predicted octanol–water partition coefficient (Wildman–Crippen LogP) is 3.97. The Bertz CT molecular complexity index is 752. The van der Waals surface area contributed by atoms with Crippen LogP contribution in [-0.4, -0.2) is 25.5 Å². The molecule has 3 aliphatic carbocycles. The smallest absolute Gasteiger partial charge is 0.303 e. The fourth-order valence-electron chi connectivity index (χ4n) is 4.69. The van der Waals surface area contributed by atoms with Crippen LogP contribution in [-0.2, 0) is 14.8 Å². The molecule has 4 rings (SSSR count). The van der Waals surface area contributed by atoms with E-state index < -0.39 is 16.0 Å². The highest BCUT2D eigenvalue weighted by Gasteiger charge is 2.44. The molecule has 2 atom stereocenters. The summed E-state index contributed by atoms with van der Waals surface area (Å²) in [5, 5.41) is 8.69. The van der Waals surface area contributed by atoms with Crippen molar-refractivity contribution in [2.75, 3.05) is 0 Å². The van der Waals surface area contributed by atoms with Crippen molar-refractivity contribution in [3.05, 3.63) is 42.5 Å². The third-order valence-electron chi connectivity index (χ3n) is 6.07. The molecule has 0 amide bonds. The molecule has 148 valence electrons. The average molecular weight is 392 g/mol. The fraction of sp³-hybridized carbons (Fsp3) is 0.571. The van der Waals surface area contributed by atoms with Gasteiger partial charge in [0.15, 0.2) is 0 Å². The number of nitrogens with one attached hydrogen (secondary N) is 1. The number of hydrogen-bond acceptors (Lipinski definition) is 3. The minimum Gasteiger partial charge on any atom is -0.481 e. The van der Waals surface area contributed by atoms with Crippen LogP contribution in [0.4, 0.5) is 0 Å². The number of sulfonamides is 1. The zero-order chi connectivity index (χ0) is 19.3. The Hall–Kier alpha value is -1.66. The van der Waals surface area contributed by atoms with Gasteiger partial charge < -0.3 is 5.11 Å². The summed E-state index contributed by atoms with van der Waals surface area (Å²) in [5.74, 6) is 0.552. The molecule has 2 bridgehead atoms. The van der Waals surface area contributed by atoms with Gasteiger partial charge in [-0.1, -0.05) is 30.4 Å². The molecule has 27 heavy (non-hydrogen) atoms. The van der Waals surface area contributed by atoms with Gasteiger partial charge in [-0.15, -0.1) is 0 Å². The van der Waals surface area contributed by atoms with Crippen molar-refractivity contribution in [2.45, 2.75) is 62.3 Å². The zero-order valence-corrected chi connectivity index (χ0v) is 16.4. The lowest BCUT2D eigenvalue weighted by Crippen LogP contribution is -2.53. The molecule has 0 radical (unpaired) electrons. The third kappa shape index (κ3) is 5.20. The first-order valence-corrected chi connectivity index (χ1v) is 11.4. The number of aliphatic carboxylic acids is 1. The molecule has 1 unspecified atom stereocenters. The number of carboxylic acids is 1. The van der Waals surface area contributed by atoms with Gasteiger partial charge in [-0.25, -0.2) is 13.1 Å². The van der Waals surface area contributed by atoms with E-state index in [-0.39, 0.29) is 12.5 Å². The summed E-state index contributed by atoms with van der Waals surface area (Å²) in [4.78, 5) is 10.9. The summed E-state index contributed by atoms with van der Waals surface area (Å²) in [5.41, 5.74) is 0. The fourth-order valence-corrected chi connectivity index (χ4v) is 6.06. The second kappa shape index (κ2) is 9.02. The van der Waals surface area contributed by atoms with Crippen LogP contribution in [0.1, 0.15) is 51.4 Å². The molecule has 2 N–H and O–H groups in total. The Balaban J connectivity index is 1.65. The Morgan fingerprint density at radius 1 is 1.07 bits per heavy atom. The van der Waals surface area contributed by atoms with Crippen LogP contribution < -0.4 is 4.72 Å². The SMILES string of the molecule is O=C(O)CCCC=CCC1C2CCC(CC2)[C@H]1NS(=O)(=O)c1ccccc1. The van der Waals surface area contributed by atoms with Crippen LogP contribution in [0.5, 0.6) is 0 Å². The zero-order valence-electron chi connectivity index (χ0n) is 15.6. The van der Waals surface area contributed by atoms with Crippen molar-refractivity contribution in [1.82, 2.24) is 4.72 Å². The number of carbonyl (C=O) groups is 1. The van der Waals surface area contributed by atoms with E-state index in [9.17, 15) is 13.2 Å². The highest BCUT2D eigenvalue weighted by molar-refractivity contribution is 7.89. The quantitative estimate of drug-likeness (QED) is 0.493. The number of hydrogen-bond donors (Lipinski definition) is 2. The van der Waals surface area contributed by atoms with E-state index in [1.807, 2.05) is 12.1 Å². The number of benzene rings is 1. The van der Waals surface area contributed by atoms with E-state index in [0.717, 1.165) is 25.7 Å². The average Bonchev–Trinajstić information content (AvgIpc) is 2.67. The maximum absolute atomic E-state index is 12.8. The molecular formula is C21H29NO4S. The van der Waals surface area contributed by atoms with E-state index >= 15 is 0 Å². The van der Waals surface area contributed by atoms with Crippen LogP contribution in [0.3, 0.4) is 0 Å². The molecule has 0 aromatic heterocycles. The van der Waals surface area contributed by atoms with Gasteiger partial charge in [0.25, 0.3) is 0 Å². The summed E-state index contributed by atoms with van der Waals surface area (Å²) in [6, 6.07) is 8.59.